The van der Waals surface area contributed by atoms with E-state index in [0.717, 1.165) is 11.5 Å². The average Bonchev–Trinajstić information content (AvgIpc) is 3.19. The summed E-state index contributed by atoms with van der Waals surface area (Å²) in [5, 5.41) is 16.0. The first-order valence-electron chi connectivity index (χ1n) is 9.60. The van der Waals surface area contributed by atoms with Crippen molar-refractivity contribution in [3.8, 4) is 11.5 Å². The Hall–Kier alpha value is -2.91. The van der Waals surface area contributed by atoms with Crippen LogP contribution in [0.4, 0.5) is 11.4 Å². The van der Waals surface area contributed by atoms with Crippen molar-refractivity contribution in [1.82, 2.24) is 14.8 Å². The molecule has 8 nitrogen and oxygen atoms in total. The van der Waals surface area contributed by atoms with Gasteiger partial charge in [0.2, 0.25) is 5.91 Å². The van der Waals surface area contributed by atoms with E-state index in [1.165, 1.54) is 11.8 Å². The number of anilines is 2. The quantitative estimate of drug-likeness (QED) is 0.435. The summed E-state index contributed by atoms with van der Waals surface area (Å²) < 4.78 is 12.5. The van der Waals surface area contributed by atoms with E-state index >= 15 is 0 Å². The number of methoxy groups -OCH3 is 2. The van der Waals surface area contributed by atoms with Crippen molar-refractivity contribution in [2.24, 2.45) is 0 Å². The second-order valence-electron chi connectivity index (χ2n) is 6.41. The molecule has 10 heteroatoms. The topological polar surface area (TPSA) is 90.3 Å². The van der Waals surface area contributed by atoms with E-state index in [0.29, 0.717) is 40.5 Å². The molecule has 2 aromatic carbocycles. The third-order valence-electron chi connectivity index (χ3n) is 4.42. The molecule has 2 N–H and O–H groups in total. The van der Waals surface area contributed by atoms with Gasteiger partial charge in [-0.25, -0.2) is 0 Å². The molecule has 31 heavy (non-hydrogen) atoms. The molecule has 0 bridgehead atoms. The zero-order valence-corrected chi connectivity index (χ0v) is 19.1. The largest absolute Gasteiger partial charge is 0.497 e. The maximum Gasteiger partial charge on any atom is 0.234 e. The fourth-order valence-electron chi connectivity index (χ4n) is 2.85. The van der Waals surface area contributed by atoms with Gasteiger partial charge in [-0.1, -0.05) is 23.4 Å². The highest BCUT2D eigenvalue weighted by atomic mass is 35.5. The number of rotatable bonds is 10. The number of ether oxygens (including phenoxy) is 2. The van der Waals surface area contributed by atoms with Crippen LogP contribution in [0.1, 0.15) is 12.7 Å². The van der Waals surface area contributed by atoms with E-state index in [1.54, 1.807) is 32.4 Å². The van der Waals surface area contributed by atoms with E-state index in [-0.39, 0.29) is 11.7 Å². The molecular formula is C21H24ClN5O3S. The number of nitrogens with zero attached hydrogens (tertiary/aromatic N) is 3. The molecule has 3 rings (SSSR count). The minimum atomic E-state index is -0.178. The van der Waals surface area contributed by atoms with Crippen LogP contribution >= 0.6 is 23.4 Å². The molecule has 1 amide bonds. The number of carbonyl (C=O) groups is 1. The number of hydrogen-bond acceptors (Lipinski definition) is 7. The number of nitrogens with one attached hydrogen (secondary N) is 2. The highest BCUT2D eigenvalue weighted by molar-refractivity contribution is 7.99. The monoisotopic (exact) mass is 461 g/mol. The van der Waals surface area contributed by atoms with E-state index in [2.05, 4.69) is 20.8 Å². The Morgan fingerprint density at radius 1 is 1.13 bits per heavy atom. The molecule has 0 aliphatic rings. The van der Waals surface area contributed by atoms with Gasteiger partial charge in [-0.15, -0.1) is 10.2 Å². The van der Waals surface area contributed by atoms with Crippen LogP contribution in [0.3, 0.4) is 0 Å². The molecule has 1 heterocycles. The van der Waals surface area contributed by atoms with Crippen molar-refractivity contribution >= 4 is 40.6 Å². The predicted molar refractivity (Wildman–Crippen MR) is 123 cm³/mol. The molecular weight excluding hydrogens is 438 g/mol. The van der Waals surface area contributed by atoms with Crippen molar-refractivity contribution < 1.29 is 14.3 Å². The fourth-order valence-corrected chi connectivity index (χ4v) is 3.80. The zero-order valence-electron chi connectivity index (χ0n) is 17.5. The highest BCUT2D eigenvalue weighted by Gasteiger charge is 2.14. The first-order valence-corrected chi connectivity index (χ1v) is 11.0. The van der Waals surface area contributed by atoms with Gasteiger partial charge in [-0.2, -0.15) is 0 Å². The molecule has 0 atom stereocenters. The van der Waals surface area contributed by atoms with Gasteiger partial charge in [0, 0.05) is 23.3 Å². The van der Waals surface area contributed by atoms with Crippen LogP contribution in [0.15, 0.2) is 47.6 Å². The minimum Gasteiger partial charge on any atom is -0.497 e. The molecule has 0 fully saturated rings. The van der Waals surface area contributed by atoms with E-state index in [9.17, 15) is 4.79 Å². The summed E-state index contributed by atoms with van der Waals surface area (Å²) in [6.45, 7) is 3.22. The Bertz CT molecular complexity index is 1030. The van der Waals surface area contributed by atoms with Crippen LogP contribution in [0, 0.1) is 0 Å². The van der Waals surface area contributed by atoms with Crippen molar-refractivity contribution in [2.45, 2.75) is 25.2 Å². The molecule has 0 aliphatic heterocycles. The third kappa shape index (κ3) is 6.05. The number of aromatic nitrogens is 3. The smallest absolute Gasteiger partial charge is 0.234 e. The summed E-state index contributed by atoms with van der Waals surface area (Å²) in [6.07, 6.45) is 0. The maximum absolute atomic E-state index is 12.5. The number of benzene rings is 2. The minimum absolute atomic E-state index is 0.178. The standard InChI is InChI=1S/C21H24ClN5O3S/c1-4-27-19(12-23-15-7-5-14(22)6-8-15)25-26-21(27)31-13-20(28)24-17-11-16(29-2)9-10-18(17)30-3/h5-11,23H,4,12-13H2,1-3H3,(H,24,28). The SMILES string of the molecule is CCn1c(CNc2ccc(Cl)cc2)nnc1SCC(=O)Nc1cc(OC)ccc1OC. The van der Waals surface area contributed by atoms with Gasteiger partial charge in [0.1, 0.15) is 11.5 Å². The number of halogens is 1. The van der Waals surface area contributed by atoms with Crippen molar-refractivity contribution in [3.63, 3.8) is 0 Å². The Balaban J connectivity index is 1.60. The fraction of sp³-hybridized carbons (Fsp3) is 0.286. The molecule has 0 spiro atoms. The van der Waals surface area contributed by atoms with Gasteiger partial charge >= 0.3 is 0 Å². The van der Waals surface area contributed by atoms with Crippen molar-refractivity contribution in [3.05, 3.63) is 53.3 Å². The first-order chi connectivity index (χ1) is 15.0. The molecule has 0 radical (unpaired) electrons. The maximum atomic E-state index is 12.5. The molecule has 0 unspecified atom stereocenters. The normalized spacial score (nSPS) is 10.6. The molecule has 0 saturated carbocycles. The van der Waals surface area contributed by atoms with E-state index in [4.69, 9.17) is 21.1 Å². The number of amides is 1. The van der Waals surface area contributed by atoms with Crippen LogP contribution in [-0.2, 0) is 17.9 Å². The Kier molecular flexibility index (Phi) is 8.02. The third-order valence-corrected chi connectivity index (χ3v) is 5.64. The summed E-state index contributed by atoms with van der Waals surface area (Å²) in [5.41, 5.74) is 1.49. The van der Waals surface area contributed by atoms with Gasteiger partial charge in [0.15, 0.2) is 11.0 Å². The number of thioether (sulfide) groups is 1. The zero-order chi connectivity index (χ0) is 22.2. The Labute approximate surface area is 190 Å². The second-order valence-corrected chi connectivity index (χ2v) is 7.79. The van der Waals surface area contributed by atoms with Gasteiger partial charge < -0.3 is 24.7 Å². The summed E-state index contributed by atoms with van der Waals surface area (Å²) in [7, 11) is 3.12. The van der Waals surface area contributed by atoms with Gasteiger partial charge in [-0.3, -0.25) is 4.79 Å². The van der Waals surface area contributed by atoms with Gasteiger partial charge in [-0.05, 0) is 43.3 Å². The van der Waals surface area contributed by atoms with E-state index < -0.39 is 0 Å². The van der Waals surface area contributed by atoms with Crippen LogP contribution in [-0.4, -0.2) is 40.6 Å². The second kappa shape index (κ2) is 10.9. The summed E-state index contributed by atoms with van der Waals surface area (Å²) >= 11 is 7.25. The Morgan fingerprint density at radius 2 is 1.90 bits per heavy atom. The molecule has 0 aliphatic carbocycles. The summed E-state index contributed by atoms with van der Waals surface area (Å²) in [5.74, 6) is 1.99. The molecule has 3 aromatic rings. The van der Waals surface area contributed by atoms with Crippen LogP contribution in [0.2, 0.25) is 5.02 Å². The lowest BCUT2D eigenvalue weighted by molar-refractivity contribution is -0.113. The highest BCUT2D eigenvalue weighted by Crippen LogP contribution is 2.29. The van der Waals surface area contributed by atoms with Crippen LogP contribution in [0.25, 0.3) is 0 Å². The summed E-state index contributed by atoms with van der Waals surface area (Å²) in [4.78, 5) is 12.5. The van der Waals surface area contributed by atoms with Crippen LogP contribution in [0.5, 0.6) is 11.5 Å². The van der Waals surface area contributed by atoms with Gasteiger partial charge in [0.25, 0.3) is 0 Å². The molecule has 1 aromatic heterocycles. The van der Waals surface area contributed by atoms with Crippen molar-refractivity contribution in [1.29, 1.82) is 0 Å². The lowest BCUT2D eigenvalue weighted by Gasteiger charge is -2.12. The van der Waals surface area contributed by atoms with Gasteiger partial charge in [0.05, 0.1) is 32.2 Å². The summed E-state index contributed by atoms with van der Waals surface area (Å²) in [6, 6.07) is 12.7. The lowest BCUT2D eigenvalue weighted by Crippen LogP contribution is -2.15. The molecule has 164 valence electrons. The predicted octanol–water partition coefficient (Wildman–Crippen LogP) is 4.31. The molecule has 0 saturated heterocycles. The average molecular weight is 462 g/mol. The van der Waals surface area contributed by atoms with E-state index in [1.807, 2.05) is 35.8 Å². The van der Waals surface area contributed by atoms with Crippen LogP contribution < -0.4 is 20.1 Å². The Morgan fingerprint density at radius 3 is 2.58 bits per heavy atom. The van der Waals surface area contributed by atoms with Crippen molar-refractivity contribution in [2.75, 3.05) is 30.6 Å². The number of hydrogen-bond donors (Lipinski definition) is 2. The first kappa shape index (κ1) is 22.8. The number of carbonyl (C=O) groups excluding carboxylic acids is 1. The lowest BCUT2D eigenvalue weighted by atomic mass is 10.2.